The summed E-state index contributed by atoms with van der Waals surface area (Å²) in [5.41, 5.74) is 8.94. The molecule has 0 aromatic heterocycles. The number of thiol groups is 2. The fourth-order valence-electron chi connectivity index (χ4n) is 0.243. The van der Waals surface area contributed by atoms with Crippen molar-refractivity contribution >= 4 is 31.2 Å². The molecule has 0 spiro atoms. The fourth-order valence-corrected chi connectivity index (χ4v) is 0.730. The maximum atomic E-state index is 8.75. The molecule has 0 rings (SSSR count). The summed E-state index contributed by atoms with van der Waals surface area (Å²) in [6, 6.07) is 0. The summed E-state index contributed by atoms with van der Waals surface area (Å²) in [6.45, 7) is 0. The molecule has 5 nitrogen and oxygen atoms in total. The van der Waals surface area contributed by atoms with Crippen LogP contribution in [0.15, 0.2) is 0 Å². The Morgan fingerprint density at radius 2 is 1.33 bits per heavy atom. The second-order valence-electron chi connectivity index (χ2n) is 1.96. The van der Waals surface area contributed by atoms with Gasteiger partial charge in [-0.15, -0.1) is 0 Å². The number of hydrogen-bond acceptors (Lipinski definition) is 5. The summed E-state index contributed by atoms with van der Waals surface area (Å²) in [6.07, 6.45) is -1.48. The minimum atomic E-state index is -0.740. The van der Waals surface area contributed by atoms with E-state index in [4.69, 9.17) is 15.6 Å². The summed E-state index contributed by atoms with van der Waals surface area (Å²) in [5, 5.41) is 23.6. The van der Waals surface area contributed by atoms with Crippen molar-refractivity contribution in [3.8, 4) is 0 Å². The average molecular weight is 213 g/mol. The first kappa shape index (κ1) is 14.4. The van der Waals surface area contributed by atoms with Gasteiger partial charge >= 0.3 is 0 Å². The zero-order valence-corrected chi connectivity index (χ0v) is 8.30. The van der Waals surface area contributed by atoms with E-state index >= 15 is 0 Å². The van der Waals surface area contributed by atoms with Crippen LogP contribution in [0.3, 0.4) is 0 Å². The summed E-state index contributed by atoms with van der Waals surface area (Å²) in [7, 11) is 0. The van der Waals surface area contributed by atoms with Gasteiger partial charge in [0.15, 0.2) is 5.96 Å². The summed E-state index contributed by atoms with van der Waals surface area (Å²) in [4.78, 5) is 0. The van der Waals surface area contributed by atoms with Crippen molar-refractivity contribution in [2.45, 2.75) is 12.2 Å². The first-order valence-corrected chi connectivity index (χ1v) is 4.39. The molecule has 12 heavy (non-hydrogen) atoms. The first-order valence-electron chi connectivity index (χ1n) is 3.13. The van der Waals surface area contributed by atoms with Crippen molar-refractivity contribution in [2.24, 2.45) is 11.5 Å². The summed E-state index contributed by atoms with van der Waals surface area (Å²) in [5.74, 6) is 0.226. The van der Waals surface area contributed by atoms with Crippen molar-refractivity contribution in [3.63, 3.8) is 0 Å². The van der Waals surface area contributed by atoms with E-state index in [9.17, 15) is 0 Å². The predicted octanol–water partition coefficient (Wildman–Crippen LogP) is -1.59. The molecule has 0 saturated heterocycles. The molecule has 7 N–H and O–H groups in total. The van der Waals surface area contributed by atoms with Crippen LogP contribution in [0, 0.1) is 5.41 Å². The van der Waals surface area contributed by atoms with Crippen molar-refractivity contribution in [1.82, 2.24) is 0 Å². The topological polar surface area (TPSA) is 116 Å². The lowest BCUT2D eigenvalue weighted by Crippen LogP contribution is -2.28. The number of rotatable bonds is 3. The maximum absolute atomic E-state index is 8.75. The SMILES string of the molecule is N=C(N)N.O[C@H](CS)[C@@H](O)CS. The van der Waals surface area contributed by atoms with Crippen LogP contribution in [0.2, 0.25) is 0 Å². The van der Waals surface area contributed by atoms with E-state index in [1.54, 1.807) is 0 Å². The van der Waals surface area contributed by atoms with E-state index in [2.05, 4.69) is 36.7 Å². The van der Waals surface area contributed by atoms with E-state index in [1.165, 1.54) is 0 Å². The van der Waals surface area contributed by atoms with Gasteiger partial charge in [0.05, 0.1) is 12.2 Å². The monoisotopic (exact) mass is 213 g/mol. The highest BCUT2D eigenvalue weighted by atomic mass is 32.1. The summed E-state index contributed by atoms with van der Waals surface area (Å²) >= 11 is 7.53. The summed E-state index contributed by atoms with van der Waals surface area (Å²) < 4.78 is 0. The minimum absolute atomic E-state index is 0.279. The molecule has 0 aromatic carbocycles. The van der Waals surface area contributed by atoms with Crippen LogP contribution in [-0.2, 0) is 0 Å². The Hall–Kier alpha value is -0.110. The Bertz CT molecular complexity index is 113. The molecule has 0 aliphatic heterocycles. The Morgan fingerprint density at radius 1 is 1.17 bits per heavy atom. The molecule has 0 unspecified atom stereocenters. The van der Waals surface area contributed by atoms with Gasteiger partial charge in [-0.05, 0) is 0 Å². The lowest BCUT2D eigenvalue weighted by Gasteiger charge is -2.11. The van der Waals surface area contributed by atoms with Crippen molar-refractivity contribution in [2.75, 3.05) is 11.5 Å². The molecule has 0 aliphatic carbocycles. The first-order chi connectivity index (χ1) is 5.45. The van der Waals surface area contributed by atoms with Gasteiger partial charge in [0.2, 0.25) is 0 Å². The van der Waals surface area contributed by atoms with Gasteiger partial charge in [-0.1, -0.05) is 0 Å². The molecule has 74 valence electrons. The Morgan fingerprint density at radius 3 is 1.42 bits per heavy atom. The second kappa shape index (κ2) is 8.98. The molecule has 7 heteroatoms. The van der Waals surface area contributed by atoms with Gasteiger partial charge in [0.1, 0.15) is 0 Å². The molecular weight excluding hydrogens is 198 g/mol. The van der Waals surface area contributed by atoms with Crippen LogP contribution in [0.25, 0.3) is 0 Å². The molecule has 0 aromatic rings. The van der Waals surface area contributed by atoms with Crippen LogP contribution in [0.5, 0.6) is 0 Å². The predicted molar refractivity (Wildman–Crippen MR) is 55.8 cm³/mol. The highest BCUT2D eigenvalue weighted by Crippen LogP contribution is 1.96. The van der Waals surface area contributed by atoms with E-state index in [-0.39, 0.29) is 17.5 Å². The zero-order valence-electron chi connectivity index (χ0n) is 6.51. The molecular formula is C5H15N3O2S2. The zero-order chi connectivity index (χ0) is 10.1. The Labute approximate surface area is 82.5 Å². The third kappa shape index (κ3) is 12.6. The minimum Gasteiger partial charge on any atom is -0.390 e. The maximum Gasteiger partial charge on any atom is 0.183 e. The van der Waals surface area contributed by atoms with E-state index in [0.29, 0.717) is 0 Å². The fraction of sp³-hybridized carbons (Fsp3) is 0.800. The molecule has 0 heterocycles. The largest absolute Gasteiger partial charge is 0.390 e. The lowest BCUT2D eigenvalue weighted by atomic mass is 10.3. The van der Waals surface area contributed by atoms with E-state index < -0.39 is 12.2 Å². The molecule has 0 radical (unpaired) electrons. The number of nitrogens with two attached hydrogens (primary N) is 2. The molecule has 2 atom stereocenters. The highest BCUT2D eigenvalue weighted by Gasteiger charge is 2.10. The highest BCUT2D eigenvalue weighted by molar-refractivity contribution is 7.80. The number of hydrogen-bond donors (Lipinski definition) is 7. The van der Waals surface area contributed by atoms with Crippen molar-refractivity contribution < 1.29 is 10.2 Å². The normalized spacial score (nSPS) is 14.0. The lowest BCUT2D eigenvalue weighted by molar-refractivity contribution is 0.0504. The average Bonchev–Trinajstić information content (AvgIpc) is 2.00. The Kier molecular flexibility index (Phi) is 10.8. The smallest absolute Gasteiger partial charge is 0.183 e. The van der Waals surface area contributed by atoms with E-state index in [1.807, 2.05) is 0 Å². The van der Waals surface area contributed by atoms with Crippen LogP contribution in [-0.4, -0.2) is 39.9 Å². The Balaban J connectivity index is 0. The van der Waals surface area contributed by atoms with Crippen molar-refractivity contribution in [1.29, 1.82) is 5.41 Å². The van der Waals surface area contributed by atoms with Gasteiger partial charge < -0.3 is 21.7 Å². The van der Waals surface area contributed by atoms with Gasteiger partial charge in [0.25, 0.3) is 0 Å². The van der Waals surface area contributed by atoms with Crippen LogP contribution < -0.4 is 11.5 Å². The van der Waals surface area contributed by atoms with Crippen LogP contribution >= 0.6 is 25.3 Å². The molecule has 0 bridgehead atoms. The molecule has 0 amide bonds. The third-order valence-electron chi connectivity index (χ3n) is 0.818. The van der Waals surface area contributed by atoms with Crippen LogP contribution in [0.1, 0.15) is 0 Å². The van der Waals surface area contributed by atoms with Gasteiger partial charge in [-0.3, -0.25) is 5.41 Å². The number of nitrogens with one attached hydrogen (secondary N) is 1. The quantitative estimate of drug-likeness (QED) is 0.174. The van der Waals surface area contributed by atoms with Gasteiger partial charge in [-0.2, -0.15) is 25.3 Å². The molecule has 0 saturated carbocycles. The number of aliphatic hydroxyl groups excluding tert-OH is 2. The molecule has 0 fully saturated rings. The number of guanidine groups is 1. The third-order valence-corrected chi connectivity index (χ3v) is 1.57. The number of aliphatic hydroxyl groups is 2. The second-order valence-corrected chi connectivity index (χ2v) is 2.69. The van der Waals surface area contributed by atoms with E-state index in [0.717, 1.165) is 0 Å². The van der Waals surface area contributed by atoms with Crippen molar-refractivity contribution in [3.05, 3.63) is 0 Å². The molecule has 0 aliphatic rings. The van der Waals surface area contributed by atoms with Gasteiger partial charge in [0, 0.05) is 11.5 Å². The van der Waals surface area contributed by atoms with Gasteiger partial charge in [-0.25, -0.2) is 0 Å². The van der Waals surface area contributed by atoms with Crippen LogP contribution in [0.4, 0.5) is 0 Å². The standard InChI is InChI=1S/C4H10O2S2.CH5N3/c5-3(1-7)4(6)2-8;2-1(3)4/h3-8H,1-2H2;(H5,2,3,4)/t3-,4+;.